The predicted molar refractivity (Wildman–Crippen MR) is 77.4 cm³/mol. The van der Waals surface area contributed by atoms with Gasteiger partial charge >= 0.3 is 0 Å². The Morgan fingerprint density at radius 3 is 2.63 bits per heavy atom. The van der Waals surface area contributed by atoms with Crippen molar-refractivity contribution in [2.45, 2.75) is 33.6 Å². The first-order chi connectivity index (χ1) is 9.01. The van der Waals surface area contributed by atoms with Gasteiger partial charge in [0.1, 0.15) is 0 Å². The molecule has 0 bridgehead atoms. The quantitative estimate of drug-likeness (QED) is 0.622. The third kappa shape index (κ3) is 3.71. The van der Waals surface area contributed by atoms with Crippen LogP contribution in [0.15, 0.2) is 47.1 Å². The fraction of sp³-hybridized carbons (Fsp3) is 0.312. The minimum Gasteiger partial charge on any atom is -0.302 e. The Morgan fingerprint density at radius 1 is 1.42 bits per heavy atom. The summed E-state index contributed by atoms with van der Waals surface area (Å²) in [5.41, 5.74) is 2.20. The van der Waals surface area contributed by atoms with Crippen molar-refractivity contribution in [2.24, 2.45) is 0 Å². The van der Waals surface area contributed by atoms with Crippen LogP contribution in [0.1, 0.15) is 33.6 Å². The van der Waals surface area contributed by atoms with E-state index in [4.69, 9.17) is 5.41 Å². The maximum absolute atomic E-state index is 11.9. The summed E-state index contributed by atoms with van der Waals surface area (Å²) in [7, 11) is 0. The molecule has 0 saturated carbocycles. The number of allylic oxidation sites excluding steroid dienone is 8. The van der Waals surface area contributed by atoms with Gasteiger partial charge in [0.15, 0.2) is 5.78 Å². The lowest BCUT2D eigenvalue weighted by molar-refractivity contribution is -0.116. The molecule has 3 heteroatoms. The standard InChI is InChI=1S/C16H19NO2/c1-4-12-7-6-8-15(18)14(16(19)11(3)17)10-9-13(12)5-2/h4,6,8-10,17H,5,7H2,1-3H3. The molecule has 0 saturated heterocycles. The Kier molecular flexibility index (Phi) is 5.37. The molecule has 0 radical (unpaired) electrons. The Labute approximate surface area is 113 Å². The highest BCUT2D eigenvalue weighted by atomic mass is 16.1. The minimum absolute atomic E-state index is 0.0621. The molecule has 0 aromatic carbocycles. The first kappa shape index (κ1) is 15.0. The Hall–Kier alpha value is -2.03. The summed E-state index contributed by atoms with van der Waals surface area (Å²) in [5, 5.41) is 7.38. The summed E-state index contributed by atoms with van der Waals surface area (Å²) in [6, 6.07) is 0. The molecular weight excluding hydrogens is 238 g/mol. The van der Waals surface area contributed by atoms with Crippen LogP contribution in [0.5, 0.6) is 0 Å². The molecule has 0 fully saturated rings. The van der Waals surface area contributed by atoms with E-state index in [0.717, 1.165) is 17.6 Å². The van der Waals surface area contributed by atoms with Crippen molar-refractivity contribution in [3.05, 3.63) is 47.1 Å². The predicted octanol–water partition coefficient (Wildman–Crippen LogP) is 3.33. The van der Waals surface area contributed by atoms with Crippen LogP contribution in [0.2, 0.25) is 0 Å². The summed E-state index contributed by atoms with van der Waals surface area (Å²) < 4.78 is 0. The van der Waals surface area contributed by atoms with Crippen LogP contribution in [0.4, 0.5) is 0 Å². The fourth-order valence-electron chi connectivity index (χ4n) is 1.92. The molecule has 1 aliphatic rings. The average Bonchev–Trinajstić information content (AvgIpc) is 2.46. The molecule has 1 N–H and O–H groups in total. The van der Waals surface area contributed by atoms with Crippen LogP contribution in [0.25, 0.3) is 0 Å². The van der Waals surface area contributed by atoms with Crippen LogP contribution in [0, 0.1) is 5.41 Å². The van der Waals surface area contributed by atoms with Gasteiger partial charge < -0.3 is 5.41 Å². The summed E-state index contributed by atoms with van der Waals surface area (Å²) in [5.74, 6) is -0.842. The van der Waals surface area contributed by atoms with E-state index in [9.17, 15) is 9.59 Å². The fourth-order valence-corrected chi connectivity index (χ4v) is 1.92. The zero-order valence-electron chi connectivity index (χ0n) is 11.6. The van der Waals surface area contributed by atoms with E-state index in [1.807, 2.05) is 26.0 Å². The molecule has 0 aromatic heterocycles. The molecule has 19 heavy (non-hydrogen) atoms. The van der Waals surface area contributed by atoms with Gasteiger partial charge in [-0.3, -0.25) is 9.59 Å². The van der Waals surface area contributed by atoms with Crippen molar-refractivity contribution in [3.63, 3.8) is 0 Å². The van der Waals surface area contributed by atoms with E-state index >= 15 is 0 Å². The second-order valence-electron chi connectivity index (χ2n) is 4.36. The van der Waals surface area contributed by atoms with E-state index in [-0.39, 0.29) is 17.1 Å². The zero-order chi connectivity index (χ0) is 14.4. The second-order valence-corrected chi connectivity index (χ2v) is 4.36. The van der Waals surface area contributed by atoms with E-state index in [0.29, 0.717) is 6.42 Å². The molecule has 0 amide bonds. The smallest absolute Gasteiger partial charge is 0.210 e. The Morgan fingerprint density at radius 2 is 2.11 bits per heavy atom. The molecule has 1 aliphatic carbocycles. The minimum atomic E-state index is -0.509. The SMILES string of the molecule is CC=C1CC=CC(=O)C(C(=O)C(C)=N)=CC=C1CC. The van der Waals surface area contributed by atoms with Gasteiger partial charge in [0, 0.05) is 0 Å². The summed E-state index contributed by atoms with van der Waals surface area (Å²) >= 11 is 0. The van der Waals surface area contributed by atoms with Crippen LogP contribution < -0.4 is 0 Å². The van der Waals surface area contributed by atoms with Gasteiger partial charge in [0.25, 0.3) is 0 Å². The maximum atomic E-state index is 11.9. The normalized spacial score (nSPS) is 18.3. The maximum Gasteiger partial charge on any atom is 0.210 e. The van der Waals surface area contributed by atoms with Gasteiger partial charge in [-0.1, -0.05) is 25.2 Å². The van der Waals surface area contributed by atoms with Crippen molar-refractivity contribution in [3.8, 4) is 0 Å². The highest BCUT2D eigenvalue weighted by Crippen LogP contribution is 2.20. The lowest BCUT2D eigenvalue weighted by Gasteiger charge is -2.06. The monoisotopic (exact) mass is 257 g/mol. The van der Waals surface area contributed by atoms with Crippen molar-refractivity contribution in [2.75, 3.05) is 0 Å². The van der Waals surface area contributed by atoms with E-state index < -0.39 is 5.78 Å². The van der Waals surface area contributed by atoms with Crippen molar-refractivity contribution < 1.29 is 9.59 Å². The molecule has 0 heterocycles. The van der Waals surface area contributed by atoms with Crippen LogP contribution >= 0.6 is 0 Å². The molecule has 0 aliphatic heterocycles. The van der Waals surface area contributed by atoms with Gasteiger partial charge in [-0.05, 0) is 50.0 Å². The third-order valence-electron chi connectivity index (χ3n) is 3.05. The van der Waals surface area contributed by atoms with E-state index in [1.165, 1.54) is 13.0 Å². The Balaban J connectivity index is 3.32. The van der Waals surface area contributed by atoms with Crippen molar-refractivity contribution in [1.29, 1.82) is 5.41 Å². The number of hydrogen-bond donors (Lipinski definition) is 1. The summed E-state index contributed by atoms with van der Waals surface area (Å²) in [6.45, 7) is 5.40. The number of carbonyl (C=O) groups excluding carboxylic acids is 2. The Bertz CT molecular complexity index is 531. The first-order valence-corrected chi connectivity index (χ1v) is 6.38. The van der Waals surface area contributed by atoms with Gasteiger partial charge in [-0.25, -0.2) is 0 Å². The van der Waals surface area contributed by atoms with Crippen LogP contribution in [-0.2, 0) is 9.59 Å². The highest BCUT2D eigenvalue weighted by Gasteiger charge is 2.18. The van der Waals surface area contributed by atoms with Gasteiger partial charge in [0.05, 0.1) is 11.3 Å². The first-order valence-electron chi connectivity index (χ1n) is 6.38. The second kappa shape index (κ2) is 6.78. The molecule has 0 aromatic rings. The number of ketones is 2. The van der Waals surface area contributed by atoms with E-state index in [2.05, 4.69) is 0 Å². The summed E-state index contributed by atoms with van der Waals surface area (Å²) in [6.07, 6.45) is 10.1. The number of rotatable bonds is 3. The van der Waals surface area contributed by atoms with Gasteiger partial charge in [-0.15, -0.1) is 0 Å². The largest absolute Gasteiger partial charge is 0.302 e. The zero-order valence-corrected chi connectivity index (χ0v) is 11.6. The molecule has 3 nitrogen and oxygen atoms in total. The molecule has 0 atom stereocenters. The van der Waals surface area contributed by atoms with Gasteiger partial charge in [0.2, 0.25) is 5.78 Å². The molecule has 0 spiro atoms. The highest BCUT2D eigenvalue weighted by molar-refractivity contribution is 6.50. The summed E-state index contributed by atoms with van der Waals surface area (Å²) in [4.78, 5) is 23.8. The number of nitrogens with one attached hydrogen (secondary N) is 1. The van der Waals surface area contributed by atoms with Crippen LogP contribution in [0.3, 0.4) is 0 Å². The van der Waals surface area contributed by atoms with E-state index in [1.54, 1.807) is 12.2 Å². The molecule has 100 valence electrons. The number of Topliss-reactive ketones (excluding diaryl/α,β-unsaturated/α-hetero) is 1. The number of hydrogen-bond acceptors (Lipinski definition) is 3. The number of carbonyl (C=O) groups is 2. The lowest BCUT2D eigenvalue weighted by Crippen LogP contribution is -2.17. The topological polar surface area (TPSA) is 58.0 Å². The van der Waals surface area contributed by atoms with Crippen LogP contribution in [-0.4, -0.2) is 17.3 Å². The molecule has 0 unspecified atom stereocenters. The molecular formula is C16H19NO2. The lowest BCUT2D eigenvalue weighted by atomic mass is 9.99. The van der Waals surface area contributed by atoms with Gasteiger partial charge in [-0.2, -0.15) is 0 Å². The van der Waals surface area contributed by atoms with Crippen molar-refractivity contribution >= 4 is 17.3 Å². The third-order valence-corrected chi connectivity index (χ3v) is 3.05. The van der Waals surface area contributed by atoms with Crippen molar-refractivity contribution in [1.82, 2.24) is 0 Å². The molecule has 1 rings (SSSR count). The average molecular weight is 257 g/mol.